The van der Waals surface area contributed by atoms with Crippen molar-refractivity contribution in [3.05, 3.63) is 23.8 Å². The molecule has 0 bridgehead atoms. The second-order valence-corrected chi connectivity index (χ2v) is 5.60. The summed E-state index contributed by atoms with van der Waals surface area (Å²) in [5.41, 5.74) is 2.38. The number of benzene rings is 1. The molecule has 104 valence electrons. The molecular formula is C15H22N2O2. The molecule has 2 atom stereocenters. The van der Waals surface area contributed by atoms with Crippen LogP contribution in [0.25, 0.3) is 0 Å². The number of nitrogens with one attached hydrogen (secondary N) is 2. The smallest absolute Gasteiger partial charge is 0.146 e. The Bertz CT molecular complexity index is 463. The molecule has 3 rings (SSSR count). The average molecular weight is 262 g/mol. The van der Waals surface area contributed by atoms with E-state index in [2.05, 4.69) is 42.7 Å². The Morgan fingerprint density at radius 3 is 3.11 bits per heavy atom. The molecule has 0 amide bonds. The van der Waals surface area contributed by atoms with E-state index in [9.17, 15) is 0 Å². The minimum Gasteiger partial charge on any atom is -0.489 e. The van der Waals surface area contributed by atoms with Crippen LogP contribution in [0.3, 0.4) is 0 Å². The Morgan fingerprint density at radius 2 is 2.32 bits per heavy atom. The molecule has 2 aliphatic heterocycles. The normalized spacial score (nSPS) is 29.5. The maximum Gasteiger partial charge on any atom is 0.146 e. The van der Waals surface area contributed by atoms with Crippen molar-refractivity contribution in [2.75, 3.05) is 25.1 Å². The van der Waals surface area contributed by atoms with E-state index in [1.165, 1.54) is 5.56 Å². The fourth-order valence-corrected chi connectivity index (χ4v) is 2.74. The van der Waals surface area contributed by atoms with Gasteiger partial charge in [-0.15, -0.1) is 0 Å². The fraction of sp³-hybridized carbons (Fsp3) is 0.600. The topological polar surface area (TPSA) is 42.5 Å². The van der Waals surface area contributed by atoms with Crippen LogP contribution in [-0.2, 0) is 11.3 Å². The van der Waals surface area contributed by atoms with E-state index in [4.69, 9.17) is 9.47 Å². The summed E-state index contributed by atoms with van der Waals surface area (Å²) < 4.78 is 11.5. The van der Waals surface area contributed by atoms with Crippen molar-refractivity contribution < 1.29 is 9.47 Å². The second kappa shape index (κ2) is 5.02. The lowest BCUT2D eigenvalue weighted by molar-refractivity contribution is 0.0880. The molecule has 1 aromatic carbocycles. The molecule has 19 heavy (non-hydrogen) atoms. The van der Waals surface area contributed by atoms with Gasteiger partial charge in [0, 0.05) is 30.8 Å². The molecule has 2 heterocycles. The third-order valence-corrected chi connectivity index (χ3v) is 4.33. The molecule has 1 aromatic rings. The summed E-state index contributed by atoms with van der Waals surface area (Å²) in [7, 11) is 0. The van der Waals surface area contributed by atoms with Gasteiger partial charge in [0.05, 0.1) is 11.8 Å². The lowest BCUT2D eigenvalue weighted by Crippen LogP contribution is -2.47. The van der Waals surface area contributed by atoms with E-state index < -0.39 is 0 Å². The lowest BCUT2D eigenvalue weighted by Gasteiger charge is -2.30. The number of ether oxygens (including phenoxy) is 2. The summed E-state index contributed by atoms with van der Waals surface area (Å²) in [6, 6.07) is 6.28. The zero-order valence-corrected chi connectivity index (χ0v) is 11.7. The van der Waals surface area contributed by atoms with Crippen LogP contribution >= 0.6 is 0 Å². The minimum atomic E-state index is 0.0603. The first-order valence-corrected chi connectivity index (χ1v) is 7.04. The number of anilines is 1. The van der Waals surface area contributed by atoms with Crippen molar-refractivity contribution in [1.82, 2.24) is 5.32 Å². The summed E-state index contributed by atoms with van der Waals surface area (Å²) in [5.74, 6) is 0.997. The average Bonchev–Trinajstić information content (AvgIpc) is 2.77. The lowest BCUT2D eigenvalue weighted by atomic mass is 9.94. The van der Waals surface area contributed by atoms with Gasteiger partial charge in [0.25, 0.3) is 0 Å². The number of rotatable bonds is 3. The van der Waals surface area contributed by atoms with E-state index in [0.29, 0.717) is 0 Å². The molecule has 1 fully saturated rings. The summed E-state index contributed by atoms with van der Waals surface area (Å²) in [6.07, 6.45) is 1.31. The molecule has 4 heteroatoms. The summed E-state index contributed by atoms with van der Waals surface area (Å²) in [4.78, 5) is 0. The SMILES string of the molecule is CC1OCCC1(C)NCc1cccc2c1OCCN2. The zero-order chi connectivity index (χ0) is 13.3. The number of hydrogen-bond acceptors (Lipinski definition) is 4. The van der Waals surface area contributed by atoms with E-state index in [1.807, 2.05) is 0 Å². The van der Waals surface area contributed by atoms with Gasteiger partial charge >= 0.3 is 0 Å². The first-order valence-electron chi connectivity index (χ1n) is 7.04. The van der Waals surface area contributed by atoms with Crippen LogP contribution in [0.15, 0.2) is 18.2 Å². The first-order chi connectivity index (χ1) is 9.19. The van der Waals surface area contributed by atoms with Crippen LogP contribution in [0.4, 0.5) is 5.69 Å². The Kier molecular flexibility index (Phi) is 3.37. The van der Waals surface area contributed by atoms with Crippen molar-refractivity contribution in [2.45, 2.75) is 38.5 Å². The second-order valence-electron chi connectivity index (χ2n) is 5.60. The van der Waals surface area contributed by atoms with Gasteiger partial charge in [-0.05, 0) is 26.3 Å². The fourth-order valence-electron chi connectivity index (χ4n) is 2.74. The molecule has 2 unspecified atom stereocenters. The maximum absolute atomic E-state index is 5.80. The van der Waals surface area contributed by atoms with Crippen molar-refractivity contribution in [3.8, 4) is 5.75 Å². The van der Waals surface area contributed by atoms with Gasteiger partial charge in [-0.25, -0.2) is 0 Å². The van der Waals surface area contributed by atoms with Crippen LogP contribution in [0, 0.1) is 0 Å². The molecule has 0 saturated carbocycles. The monoisotopic (exact) mass is 262 g/mol. The standard InChI is InChI=1S/C15H22N2O2/c1-11-15(2,6-8-18-11)17-10-12-4-3-5-13-14(12)19-9-7-16-13/h3-5,11,16-17H,6-10H2,1-2H3. The van der Waals surface area contributed by atoms with E-state index >= 15 is 0 Å². The quantitative estimate of drug-likeness (QED) is 0.876. The highest BCUT2D eigenvalue weighted by Gasteiger charge is 2.36. The Balaban J connectivity index is 1.73. The van der Waals surface area contributed by atoms with Gasteiger partial charge in [-0.2, -0.15) is 0 Å². The summed E-state index contributed by atoms with van der Waals surface area (Å²) in [6.45, 7) is 7.65. The molecule has 0 radical (unpaired) electrons. The van der Waals surface area contributed by atoms with Crippen LogP contribution in [0.2, 0.25) is 0 Å². The van der Waals surface area contributed by atoms with Gasteiger partial charge in [-0.1, -0.05) is 12.1 Å². The van der Waals surface area contributed by atoms with Gasteiger partial charge in [-0.3, -0.25) is 0 Å². The van der Waals surface area contributed by atoms with E-state index in [-0.39, 0.29) is 11.6 Å². The van der Waals surface area contributed by atoms with Gasteiger partial charge in [0.15, 0.2) is 0 Å². The Morgan fingerprint density at radius 1 is 1.42 bits per heavy atom. The molecule has 0 aliphatic carbocycles. The summed E-state index contributed by atoms with van der Waals surface area (Å²) >= 11 is 0. The third-order valence-electron chi connectivity index (χ3n) is 4.33. The number of hydrogen-bond donors (Lipinski definition) is 2. The van der Waals surface area contributed by atoms with Crippen LogP contribution in [-0.4, -0.2) is 31.4 Å². The number of para-hydroxylation sites is 1. The number of fused-ring (bicyclic) bond motifs is 1. The van der Waals surface area contributed by atoms with Gasteiger partial charge < -0.3 is 20.1 Å². The van der Waals surface area contributed by atoms with Gasteiger partial charge in [0.1, 0.15) is 12.4 Å². The van der Waals surface area contributed by atoms with Crippen LogP contribution < -0.4 is 15.4 Å². The minimum absolute atomic E-state index is 0.0603. The predicted molar refractivity (Wildman–Crippen MR) is 75.7 cm³/mol. The zero-order valence-electron chi connectivity index (χ0n) is 11.7. The molecule has 1 saturated heterocycles. The Labute approximate surface area is 114 Å². The van der Waals surface area contributed by atoms with Crippen molar-refractivity contribution in [2.24, 2.45) is 0 Å². The van der Waals surface area contributed by atoms with Crippen molar-refractivity contribution >= 4 is 5.69 Å². The van der Waals surface area contributed by atoms with Gasteiger partial charge in [0.2, 0.25) is 0 Å². The van der Waals surface area contributed by atoms with E-state index in [0.717, 1.165) is 44.2 Å². The highest BCUT2D eigenvalue weighted by Crippen LogP contribution is 2.32. The molecular weight excluding hydrogens is 240 g/mol. The highest BCUT2D eigenvalue weighted by molar-refractivity contribution is 5.61. The largest absolute Gasteiger partial charge is 0.489 e. The first kappa shape index (κ1) is 12.8. The molecule has 4 nitrogen and oxygen atoms in total. The molecule has 0 aromatic heterocycles. The Hall–Kier alpha value is -1.26. The third kappa shape index (κ3) is 2.42. The van der Waals surface area contributed by atoms with Crippen LogP contribution in [0.1, 0.15) is 25.8 Å². The highest BCUT2D eigenvalue weighted by atomic mass is 16.5. The van der Waals surface area contributed by atoms with Crippen molar-refractivity contribution in [3.63, 3.8) is 0 Å². The molecule has 2 aliphatic rings. The maximum atomic E-state index is 5.80. The predicted octanol–water partition coefficient (Wildman–Crippen LogP) is 2.15. The summed E-state index contributed by atoms with van der Waals surface area (Å²) in [5, 5.41) is 7.01. The molecule has 2 N–H and O–H groups in total. The molecule has 0 spiro atoms. The van der Waals surface area contributed by atoms with Crippen LogP contribution in [0.5, 0.6) is 5.75 Å². The van der Waals surface area contributed by atoms with E-state index in [1.54, 1.807) is 0 Å². The van der Waals surface area contributed by atoms with Crippen molar-refractivity contribution in [1.29, 1.82) is 0 Å².